The summed E-state index contributed by atoms with van der Waals surface area (Å²) >= 11 is 0. The number of carbonyl (C=O) groups excluding carboxylic acids is 1. The molecule has 0 unspecified atom stereocenters. The maximum Gasteiger partial charge on any atom is 0.416 e. The third-order valence-corrected chi connectivity index (χ3v) is 7.16. The summed E-state index contributed by atoms with van der Waals surface area (Å²) in [5.74, 6) is -0.425. The van der Waals surface area contributed by atoms with E-state index >= 15 is 0 Å². The summed E-state index contributed by atoms with van der Waals surface area (Å²) in [6.07, 6.45) is 1.43. The first-order valence-corrected chi connectivity index (χ1v) is 12.7. The van der Waals surface area contributed by atoms with Gasteiger partial charge in [0, 0.05) is 81.6 Å². The molecule has 2 aromatic carbocycles. The molecule has 200 valence electrons. The predicted molar refractivity (Wildman–Crippen MR) is 138 cm³/mol. The van der Waals surface area contributed by atoms with Crippen LogP contribution in [0.15, 0.2) is 55.1 Å². The zero-order chi connectivity index (χ0) is 26.7. The standard InChI is InChI=1S/C28H31F3N6O/c1-35-6-8-36(9-7-35)16-20-10-25(28(29,30)31)13-26(11-20)34-27(38)23-3-2-22-4-5-37(18-24(22)12-23)17-21-14-32-19-33-15-21/h2-3,10-15,19H,4-9,16-18H2,1H3,(H,34,38). The van der Waals surface area contributed by atoms with Gasteiger partial charge in [0.15, 0.2) is 0 Å². The molecule has 0 spiro atoms. The van der Waals surface area contributed by atoms with Gasteiger partial charge in [-0.15, -0.1) is 0 Å². The lowest BCUT2D eigenvalue weighted by Crippen LogP contribution is -2.43. The van der Waals surface area contributed by atoms with Crippen molar-refractivity contribution in [3.8, 4) is 0 Å². The number of carbonyl (C=O) groups is 1. The summed E-state index contributed by atoms with van der Waals surface area (Å²) in [6, 6.07) is 9.36. The van der Waals surface area contributed by atoms with Crippen LogP contribution in [0, 0.1) is 0 Å². The van der Waals surface area contributed by atoms with Crippen LogP contribution >= 0.6 is 0 Å². The molecular weight excluding hydrogens is 493 g/mol. The Morgan fingerprint density at radius 1 is 0.895 bits per heavy atom. The lowest BCUT2D eigenvalue weighted by atomic mass is 9.96. The van der Waals surface area contributed by atoms with Crippen molar-refractivity contribution in [1.29, 1.82) is 0 Å². The first-order chi connectivity index (χ1) is 18.2. The monoisotopic (exact) mass is 524 g/mol. The Bertz CT molecular complexity index is 1280. The Balaban J connectivity index is 1.31. The maximum atomic E-state index is 13.7. The highest BCUT2D eigenvalue weighted by Crippen LogP contribution is 2.33. The van der Waals surface area contributed by atoms with Crippen molar-refractivity contribution in [1.82, 2.24) is 24.7 Å². The number of halogens is 3. The molecule has 1 fully saturated rings. The number of nitrogens with one attached hydrogen (secondary N) is 1. The number of hydrogen-bond donors (Lipinski definition) is 1. The number of piperazine rings is 1. The van der Waals surface area contributed by atoms with Gasteiger partial charge in [-0.3, -0.25) is 14.6 Å². The topological polar surface area (TPSA) is 64.6 Å². The summed E-state index contributed by atoms with van der Waals surface area (Å²) < 4.78 is 41.0. The molecule has 0 radical (unpaired) electrons. The molecule has 7 nitrogen and oxygen atoms in total. The SMILES string of the molecule is CN1CCN(Cc2cc(NC(=O)c3ccc4c(c3)CN(Cc3cncnc3)CC4)cc(C(F)(F)F)c2)CC1. The summed E-state index contributed by atoms with van der Waals surface area (Å²) in [7, 11) is 2.03. The van der Waals surface area contributed by atoms with Gasteiger partial charge >= 0.3 is 6.18 Å². The van der Waals surface area contributed by atoms with Crippen molar-refractivity contribution in [2.45, 2.75) is 32.2 Å². The predicted octanol–water partition coefficient (Wildman–Crippen LogP) is 4.05. The van der Waals surface area contributed by atoms with Crippen LogP contribution in [0.1, 0.15) is 38.2 Å². The van der Waals surface area contributed by atoms with Gasteiger partial charge in [0.1, 0.15) is 6.33 Å². The Kier molecular flexibility index (Phi) is 7.73. The Morgan fingerprint density at radius 3 is 2.37 bits per heavy atom. The van der Waals surface area contributed by atoms with E-state index < -0.39 is 17.6 Å². The summed E-state index contributed by atoms with van der Waals surface area (Å²) in [5, 5.41) is 2.72. The Hall–Kier alpha value is -3.34. The zero-order valence-electron chi connectivity index (χ0n) is 21.3. The molecule has 1 saturated heterocycles. The number of fused-ring (bicyclic) bond motifs is 1. The Morgan fingerprint density at radius 2 is 1.63 bits per heavy atom. The molecule has 0 aliphatic carbocycles. The highest BCUT2D eigenvalue weighted by atomic mass is 19.4. The lowest BCUT2D eigenvalue weighted by molar-refractivity contribution is -0.137. The van der Waals surface area contributed by atoms with Gasteiger partial charge in [-0.1, -0.05) is 6.07 Å². The second-order valence-corrected chi connectivity index (χ2v) is 10.1. The van der Waals surface area contributed by atoms with E-state index in [2.05, 4.69) is 30.0 Å². The normalized spacial score (nSPS) is 17.3. The van der Waals surface area contributed by atoms with Gasteiger partial charge in [-0.05, 0) is 60.5 Å². The van der Waals surface area contributed by atoms with Crippen LogP contribution in [0.3, 0.4) is 0 Å². The molecule has 5 rings (SSSR count). The second kappa shape index (κ2) is 11.2. The molecule has 2 aliphatic rings. The first kappa shape index (κ1) is 26.3. The van der Waals surface area contributed by atoms with Gasteiger partial charge in [-0.25, -0.2) is 9.97 Å². The first-order valence-electron chi connectivity index (χ1n) is 12.7. The van der Waals surface area contributed by atoms with Gasteiger partial charge in [0.25, 0.3) is 5.91 Å². The van der Waals surface area contributed by atoms with E-state index in [0.717, 1.165) is 56.3 Å². The van der Waals surface area contributed by atoms with E-state index in [1.54, 1.807) is 24.5 Å². The number of amides is 1. The zero-order valence-corrected chi connectivity index (χ0v) is 21.3. The van der Waals surface area contributed by atoms with Crippen LogP contribution in [0.4, 0.5) is 18.9 Å². The van der Waals surface area contributed by atoms with Crippen molar-refractivity contribution >= 4 is 11.6 Å². The van der Waals surface area contributed by atoms with E-state index in [-0.39, 0.29) is 5.69 Å². The minimum Gasteiger partial charge on any atom is -0.322 e. The molecule has 1 amide bonds. The van der Waals surface area contributed by atoms with Crippen molar-refractivity contribution in [2.24, 2.45) is 0 Å². The number of nitrogens with zero attached hydrogens (tertiary/aromatic N) is 5. The molecule has 3 aromatic rings. The van der Waals surface area contributed by atoms with E-state index in [4.69, 9.17) is 0 Å². The fraction of sp³-hybridized carbons (Fsp3) is 0.393. The summed E-state index contributed by atoms with van der Waals surface area (Å²) in [4.78, 5) is 27.9. The number of benzene rings is 2. The maximum absolute atomic E-state index is 13.7. The average Bonchev–Trinajstić information content (AvgIpc) is 2.89. The Labute approximate surface area is 220 Å². The molecule has 3 heterocycles. The highest BCUT2D eigenvalue weighted by Gasteiger charge is 2.31. The molecule has 0 atom stereocenters. The third kappa shape index (κ3) is 6.56. The van der Waals surface area contributed by atoms with Crippen molar-refractivity contribution in [3.63, 3.8) is 0 Å². The van der Waals surface area contributed by atoms with Gasteiger partial charge in [-0.2, -0.15) is 13.2 Å². The fourth-order valence-corrected chi connectivity index (χ4v) is 5.05. The molecule has 38 heavy (non-hydrogen) atoms. The van der Waals surface area contributed by atoms with Crippen LogP contribution in [-0.4, -0.2) is 70.3 Å². The fourth-order valence-electron chi connectivity index (χ4n) is 5.05. The lowest BCUT2D eigenvalue weighted by Gasteiger charge is -2.32. The van der Waals surface area contributed by atoms with Crippen LogP contribution in [0.5, 0.6) is 0 Å². The number of rotatable bonds is 6. The van der Waals surface area contributed by atoms with Crippen LogP contribution in [0.25, 0.3) is 0 Å². The van der Waals surface area contributed by atoms with Crippen molar-refractivity contribution < 1.29 is 18.0 Å². The molecule has 2 aliphatic heterocycles. The quantitative estimate of drug-likeness (QED) is 0.525. The molecule has 0 bridgehead atoms. The van der Waals surface area contributed by atoms with E-state index in [9.17, 15) is 18.0 Å². The van der Waals surface area contributed by atoms with Crippen molar-refractivity contribution in [2.75, 3.05) is 45.1 Å². The molecule has 0 saturated carbocycles. The minimum atomic E-state index is -4.50. The van der Waals surface area contributed by atoms with Crippen molar-refractivity contribution in [3.05, 3.63) is 88.5 Å². The second-order valence-electron chi connectivity index (χ2n) is 10.1. The third-order valence-electron chi connectivity index (χ3n) is 7.16. The van der Waals surface area contributed by atoms with Crippen LogP contribution < -0.4 is 5.32 Å². The van der Waals surface area contributed by atoms with Gasteiger partial charge < -0.3 is 10.2 Å². The average molecular weight is 525 g/mol. The molecule has 1 N–H and O–H groups in total. The smallest absolute Gasteiger partial charge is 0.322 e. The number of likely N-dealkylation sites (N-methyl/N-ethyl adjacent to an activating group) is 1. The van der Waals surface area contributed by atoms with Gasteiger partial charge in [0.05, 0.1) is 5.56 Å². The minimum absolute atomic E-state index is 0.150. The summed E-state index contributed by atoms with van der Waals surface area (Å²) in [6.45, 7) is 5.99. The highest BCUT2D eigenvalue weighted by molar-refractivity contribution is 6.04. The molecular formula is C28H31F3N6O. The van der Waals surface area contributed by atoms with E-state index in [1.165, 1.54) is 18.0 Å². The number of alkyl halides is 3. The number of hydrogen-bond acceptors (Lipinski definition) is 6. The van der Waals surface area contributed by atoms with Crippen LogP contribution in [-0.2, 0) is 32.2 Å². The van der Waals surface area contributed by atoms with Gasteiger partial charge in [0.2, 0.25) is 0 Å². The number of anilines is 1. The molecule has 1 aromatic heterocycles. The van der Waals surface area contributed by atoms with E-state index in [1.807, 2.05) is 19.2 Å². The largest absolute Gasteiger partial charge is 0.416 e. The number of aromatic nitrogens is 2. The van der Waals surface area contributed by atoms with E-state index in [0.29, 0.717) is 30.8 Å². The molecule has 10 heteroatoms. The summed E-state index contributed by atoms with van der Waals surface area (Å²) in [5.41, 5.74) is 3.58. The van der Waals surface area contributed by atoms with Crippen LogP contribution in [0.2, 0.25) is 0 Å².